The van der Waals surface area contributed by atoms with Crippen molar-refractivity contribution < 1.29 is 14.3 Å². The number of aliphatic imine (C=N–C) groups is 1. The Hall–Kier alpha value is -1.18. The van der Waals surface area contributed by atoms with E-state index in [1.165, 1.54) is 25.1 Å². The Kier molecular flexibility index (Phi) is 9.66. The van der Waals surface area contributed by atoms with Crippen molar-refractivity contribution in [3.8, 4) is 0 Å². The molecule has 7 unspecified atom stereocenters. The van der Waals surface area contributed by atoms with Gasteiger partial charge in [-0.1, -0.05) is 6.92 Å². The van der Waals surface area contributed by atoms with Gasteiger partial charge in [-0.2, -0.15) is 0 Å². The Morgan fingerprint density at radius 1 is 1.03 bits per heavy atom. The number of ether oxygens (including phenoxy) is 2. The summed E-state index contributed by atoms with van der Waals surface area (Å²) < 4.78 is 11.3. The summed E-state index contributed by atoms with van der Waals surface area (Å²) in [6.45, 7) is 7.28. The lowest BCUT2D eigenvalue weighted by molar-refractivity contribution is -0.128. The van der Waals surface area contributed by atoms with E-state index >= 15 is 0 Å². The van der Waals surface area contributed by atoms with Gasteiger partial charge in [0.05, 0.1) is 18.0 Å². The summed E-state index contributed by atoms with van der Waals surface area (Å²) >= 11 is 0. The van der Waals surface area contributed by atoms with E-state index in [0.29, 0.717) is 23.7 Å². The first-order valence-electron chi connectivity index (χ1n) is 13.9. The molecule has 3 fully saturated rings. The minimum Gasteiger partial charge on any atom is -0.381 e. The number of rotatable bonds is 8. The molecule has 194 valence electrons. The molecular weight excluding hydrogens is 428 g/mol. The average molecular weight is 477 g/mol. The fourth-order valence-electron chi connectivity index (χ4n) is 7.16. The smallest absolute Gasteiger partial charge is 0.223 e. The van der Waals surface area contributed by atoms with Crippen LogP contribution in [-0.2, 0) is 14.3 Å². The zero-order valence-electron chi connectivity index (χ0n) is 21.7. The number of piperidine rings is 1. The Bertz CT molecular complexity index is 675. The third-order valence-electron chi connectivity index (χ3n) is 9.09. The van der Waals surface area contributed by atoms with Crippen LogP contribution in [-0.4, -0.2) is 70.9 Å². The van der Waals surface area contributed by atoms with Crippen molar-refractivity contribution in [3.05, 3.63) is 0 Å². The minimum atomic E-state index is 0.123. The van der Waals surface area contributed by atoms with Gasteiger partial charge in [0.15, 0.2) is 0 Å². The first-order chi connectivity index (χ1) is 16.6. The van der Waals surface area contributed by atoms with E-state index in [2.05, 4.69) is 27.9 Å². The number of nitrogens with zero attached hydrogens (tertiary/aromatic N) is 1. The number of nitrogens with one attached hydrogen (secondary N) is 3. The molecule has 7 atom stereocenters. The number of amides is 1. The van der Waals surface area contributed by atoms with E-state index < -0.39 is 0 Å². The summed E-state index contributed by atoms with van der Waals surface area (Å²) in [5.41, 5.74) is 0. The van der Waals surface area contributed by atoms with Gasteiger partial charge in [0.1, 0.15) is 0 Å². The first kappa shape index (κ1) is 25.9. The molecule has 0 aromatic heterocycles. The van der Waals surface area contributed by atoms with Gasteiger partial charge < -0.3 is 25.4 Å². The number of hydrogen-bond acceptors (Lipinski definition) is 6. The third-order valence-corrected chi connectivity index (χ3v) is 9.09. The molecule has 0 radical (unpaired) electrons. The number of methoxy groups -OCH3 is 2. The van der Waals surface area contributed by atoms with E-state index in [-0.39, 0.29) is 24.0 Å². The van der Waals surface area contributed by atoms with Crippen LogP contribution < -0.4 is 16.0 Å². The number of carbonyl (C=O) groups excluding carboxylic acids is 1. The Balaban J connectivity index is 1.35. The second-order valence-corrected chi connectivity index (χ2v) is 11.5. The lowest BCUT2D eigenvalue weighted by Crippen LogP contribution is -2.46. The highest BCUT2D eigenvalue weighted by Crippen LogP contribution is 2.42. The van der Waals surface area contributed by atoms with Gasteiger partial charge in [-0.25, -0.2) is 0 Å². The summed E-state index contributed by atoms with van der Waals surface area (Å²) in [5, 5.41) is 10.5. The van der Waals surface area contributed by atoms with Crippen LogP contribution in [0, 0.1) is 35.5 Å². The fraction of sp³-hybridized carbons (Fsp3) is 0.926. The lowest BCUT2D eigenvalue weighted by atomic mass is 9.65. The topological polar surface area (TPSA) is 84.0 Å². The molecule has 34 heavy (non-hydrogen) atoms. The molecule has 0 spiro atoms. The Morgan fingerprint density at radius 3 is 2.47 bits per heavy atom. The van der Waals surface area contributed by atoms with Gasteiger partial charge >= 0.3 is 0 Å². The van der Waals surface area contributed by atoms with E-state index in [9.17, 15) is 4.79 Å². The zero-order valence-corrected chi connectivity index (χ0v) is 21.7. The molecule has 0 aromatic rings. The molecule has 7 nitrogen and oxygen atoms in total. The number of amidine groups is 1. The molecule has 7 heteroatoms. The van der Waals surface area contributed by atoms with Crippen LogP contribution in [0.25, 0.3) is 0 Å². The average Bonchev–Trinajstić information content (AvgIpc) is 3.39. The highest BCUT2D eigenvalue weighted by atomic mass is 16.5. The van der Waals surface area contributed by atoms with Crippen LogP contribution in [0.5, 0.6) is 0 Å². The van der Waals surface area contributed by atoms with Gasteiger partial charge in [0.25, 0.3) is 0 Å². The van der Waals surface area contributed by atoms with Crippen LogP contribution in [0.1, 0.15) is 64.7 Å². The van der Waals surface area contributed by atoms with E-state index in [0.717, 1.165) is 77.2 Å². The summed E-state index contributed by atoms with van der Waals surface area (Å²) in [7, 11) is 3.57. The standard InChI is InChI=1S/C27H48N4O3/c1-18-15-28-8-6-25(18)21-9-19(16-30-26-5-4-7-29-26)10-22(13-21)27(32)31-17-20-11-23(33-2)14-24(12-20)34-3/h18-25,28H,4-17H2,1-3H3,(H,29,30)(H,31,32). The van der Waals surface area contributed by atoms with E-state index in [1.807, 2.05) is 0 Å². The van der Waals surface area contributed by atoms with Crippen molar-refractivity contribution in [3.63, 3.8) is 0 Å². The van der Waals surface area contributed by atoms with Gasteiger partial charge in [-0.3, -0.25) is 9.79 Å². The maximum absolute atomic E-state index is 13.4. The summed E-state index contributed by atoms with van der Waals surface area (Å²) in [4.78, 5) is 18.0. The van der Waals surface area contributed by atoms with Gasteiger partial charge in [-0.05, 0) is 94.0 Å². The predicted octanol–water partition coefficient (Wildman–Crippen LogP) is 2.99. The highest BCUT2D eigenvalue weighted by molar-refractivity contribution is 5.83. The quantitative estimate of drug-likeness (QED) is 0.502. The summed E-state index contributed by atoms with van der Waals surface area (Å²) in [6.07, 6.45) is 10.2. The maximum Gasteiger partial charge on any atom is 0.223 e. The van der Waals surface area contributed by atoms with Crippen LogP contribution in [0.4, 0.5) is 0 Å². The maximum atomic E-state index is 13.4. The second-order valence-electron chi connectivity index (χ2n) is 11.5. The summed E-state index contributed by atoms with van der Waals surface area (Å²) in [6, 6.07) is 0. The van der Waals surface area contributed by atoms with Crippen molar-refractivity contribution in [1.82, 2.24) is 16.0 Å². The zero-order chi connectivity index (χ0) is 23.9. The molecule has 1 amide bonds. The molecule has 4 rings (SSSR count). The SMILES string of the molecule is COC1CC(CNC(=O)C2CC(CNC3=NCCC3)CC(C3CCNCC3C)C2)CC(OC)C1. The molecule has 0 bridgehead atoms. The van der Waals surface area contributed by atoms with Gasteiger partial charge in [0, 0.05) is 46.2 Å². The van der Waals surface area contributed by atoms with Crippen molar-refractivity contribution in [2.45, 2.75) is 76.9 Å². The predicted molar refractivity (Wildman–Crippen MR) is 136 cm³/mol. The van der Waals surface area contributed by atoms with Crippen LogP contribution in [0.2, 0.25) is 0 Å². The third kappa shape index (κ3) is 6.94. The molecule has 2 saturated carbocycles. The van der Waals surface area contributed by atoms with Crippen LogP contribution in [0.15, 0.2) is 4.99 Å². The minimum absolute atomic E-state index is 0.123. The summed E-state index contributed by atoms with van der Waals surface area (Å²) in [5.74, 6) is 4.60. The molecule has 2 aliphatic carbocycles. The Morgan fingerprint density at radius 2 is 1.79 bits per heavy atom. The number of hydrogen-bond donors (Lipinski definition) is 3. The van der Waals surface area contributed by atoms with Crippen LogP contribution >= 0.6 is 0 Å². The van der Waals surface area contributed by atoms with Gasteiger partial charge in [0.2, 0.25) is 5.91 Å². The molecule has 3 N–H and O–H groups in total. The van der Waals surface area contributed by atoms with E-state index in [1.54, 1.807) is 14.2 Å². The lowest BCUT2D eigenvalue weighted by Gasteiger charge is -2.42. The van der Waals surface area contributed by atoms with Gasteiger partial charge in [-0.15, -0.1) is 0 Å². The fourth-order valence-corrected chi connectivity index (χ4v) is 7.16. The van der Waals surface area contributed by atoms with E-state index in [4.69, 9.17) is 9.47 Å². The highest BCUT2D eigenvalue weighted by Gasteiger charge is 2.39. The largest absolute Gasteiger partial charge is 0.381 e. The van der Waals surface area contributed by atoms with Crippen molar-refractivity contribution in [1.29, 1.82) is 0 Å². The normalized spacial score (nSPS) is 38.9. The molecule has 4 aliphatic rings. The molecular formula is C27H48N4O3. The monoisotopic (exact) mass is 476 g/mol. The molecule has 0 aromatic carbocycles. The second kappa shape index (κ2) is 12.7. The van der Waals surface area contributed by atoms with Crippen molar-refractivity contribution in [2.24, 2.45) is 40.5 Å². The van der Waals surface area contributed by atoms with Crippen molar-refractivity contribution >= 4 is 11.7 Å². The molecule has 1 saturated heterocycles. The first-order valence-corrected chi connectivity index (χ1v) is 13.9. The van der Waals surface area contributed by atoms with Crippen LogP contribution in [0.3, 0.4) is 0 Å². The Labute approximate surface area is 206 Å². The van der Waals surface area contributed by atoms with Crippen molar-refractivity contribution in [2.75, 3.05) is 46.9 Å². The molecule has 2 heterocycles. The molecule has 2 aliphatic heterocycles. The number of carbonyl (C=O) groups is 1.